The zero-order valence-corrected chi connectivity index (χ0v) is 16.3. The number of ether oxygens (including phenoxy) is 2. The highest BCUT2D eigenvalue weighted by atomic mass is 32.2. The number of nitrogens with zero attached hydrogens (tertiary/aromatic N) is 2. The Morgan fingerprint density at radius 3 is 2.73 bits per heavy atom. The van der Waals surface area contributed by atoms with Crippen molar-refractivity contribution in [3.05, 3.63) is 28.7 Å². The number of carbonyl (C=O) groups is 1. The maximum Gasteiger partial charge on any atom is 0.286 e. The van der Waals surface area contributed by atoms with Gasteiger partial charge in [-0.25, -0.2) is 0 Å². The van der Waals surface area contributed by atoms with Gasteiger partial charge in [0.15, 0.2) is 16.7 Å². The van der Waals surface area contributed by atoms with E-state index in [1.54, 1.807) is 0 Å². The number of rotatable bonds is 6. The molecule has 26 heavy (non-hydrogen) atoms. The number of thioether (sulfide) groups is 1. The molecule has 0 radical (unpaired) electrons. The number of hydrogen-bond acceptors (Lipinski definition) is 5. The van der Waals surface area contributed by atoms with Gasteiger partial charge >= 0.3 is 0 Å². The van der Waals surface area contributed by atoms with Crippen molar-refractivity contribution >= 4 is 28.9 Å². The summed E-state index contributed by atoms with van der Waals surface area (Å²) < 4.78 is 11.6. The number of aliphatic imine (C=N–C) groups is 1. The van der Waals surface area contributed by atoms with Crippen molar-refractivity contribution < 1.29 is 14.3 Å². The fourth-order valence-corrected chi connectivity index (χ4v) is 3.99. The van der Waals surface area contributed by atoms with Crippen LogP contribution in [0.25, 0.3) is 6.08 Å². The van der Waals surface area contributed by atoms with Crippen molar-refractivity contribution in [1.82, 2.24) is 4.90 Å². The predicted molar refractivity (Wildman–Crippen MR) is 107 cm³/mol. The van der Waals surface area contributed by atoms with Gasteiger partial charge in [0.1, 0.15) is 0 Å². The number of carbonyl (C=O) groups excluding carboxylic acids is 1. The molecule has 1 amide bonds. The van der Waals surface area contributed by atoms with Crippen LogP contribution in [0.2, 0.25) is 0 Å². The van der Waals surface area contributed by atoms with Gasteiger partial charge in [-0.2, -0.15) is 4.99 Å². The molecular formula is C20H26N2O3S. The molecule has 2 heterocycles. The van der Waals surface area contributed by atoms with Crippen LogP contribution in [-0.4, -0.2) is 42.3 Å². The summed E-state index contributed by atoms with van der Waals surface area (Å²) in [6.07, 6.45) is 6.37. The minimum absolute atomic E-state index is 0.168. The molecule has 0 N–H and O–H groups in total. The van der Waals surface area contributed by atoms with Gasteiger partial charge in [0, 0.05) is 18.7 Å². The molecule has 5 nitrogen and oxygen atoms in total. The van der Waals surface area contributed by atoms with E-state index in [0.29, 0.717) is 29.6 Å². The van der Waals surface area contributed by atoms with Crippen LogP contribution in [0.15, 0.2) is 28.1 Å². The standard InChI is InChI=1S/C20H26N2O3S/c1-3-13-25-18-15(9-8-10-16(18)24-4-2)14-17-19(23)21-20(26-17)22-11-6-5-7-12-22/h8-10,14H,3-7,11-13H2,1-2H3/b17-14-. The number of benzene rings is 1. The zero-order valence-electron chi connectivity index (χ0n) is 15.5. The summed E-state index contributed by atoms with van der Waals surface area (Å²) in [5.41, 5.74) is 0.857. The molecule has 140 valence electrons. The van der Waals surface area contributed by atoms with Gasteiger partial charge in [0.25, 0.3) is 5.91 Å². The highest BCUT2D eigenvalue weighted by molar-refractivity contribution is 8.18. The Morgan fingerprint density at radius 1 is 1.19 bits per heavy atom. The van der Waals surface area contributed by atoms with E-state index in [-0.39, 0.29) is 5.91 Å². The molecule has 2 aliphatic rings. The van der Waals surface area contributed by atoms with Gasteiger partial charge in [-0.05, 0) is 56.5 Å². The maximum atomic E-state index is 12.4. The van der Waals surface area contributed by atoms with Crippen molar-refractivity contribution in [3.63, 3.8) is 0 Å². The van der Waals surface area contributed by atoms with E-state index in [9.17, 15) is 4.79 Å². The minimum atomic E-state index is -0.168. The Kier molecular flexibility index (Phi) is 6.61. The van der Waals surface area contributed by atoms with E-state index in [1.807, 2.05) is 31.2 Å². The first-order chi connectivity index (χ1) is 12.7. The number of amidine groups is 1. The van der Waals surface area contributed by atoms with Gasteiger partial charge in [-0.15, -0.1) is 0 Å². The summed E-state index contributed by atoms with van der Waals surface area (Å²) in [5, 5.41) is 0.831. The van der Waals surface area contributed by atoms with Gasteiger partial charge in [0.2, 0.25) is 0 Å². The Balaban J connectivity index is 1.83. The highest BCUT2D eigenvalue weighted by Gasteiger charge is 2.27. The summed E-state index contributed by atoms with van der Waals surface area (Å²) in [6, 6.07) is 5.77. The molecule has 1 aromatic carbocycles. The first-order valence-corrected chi connectivity index (χ1v) is 10.2. The number of hydrogen-bond donors (Lipinski definition) is 0. The molecule has 0 atom stereocenters. The third kappa shape index (κ3) is 4.41. The molecule has 3 rings (SSSR count). The van der Waals surface area contributed by atoms with E-state index in [0.717, 1.165) is 43.1 Å². The summed E-state index contributed by atoms with van der Waals surface area (Å²) >= 11 is 1.46. The second-order valence-corrected chi connectivity index (χ2v) is 7.32. The Labute approximate surface area is 159 Å². The minimum Gasteiger partial charge on any atom is -0.490 e. The average molecular weight is 375 g/mol. The molecule has 0 saturated carbocycles. The molecular weight excluding hydrogens is 348 g/mol. The largest absolute Gasteiger partial charge is 0.490 e. The van der Waals surface area contributed by atoms with Crippen LogP contribution >= 0.6 is 11.8 Å². The summed E-state index contributed by atoms with van der Waals surface area (Å²) in [7, 11) is 0. The average Bonchev–Trinajstić information content (AvgIpc) is 3.03. The maximum absolute atomic E-state index is 12.4. The Hall–Kier alpha value is -1.95. The molecule has 0 bridgehead atoms. The van der Waals surface area contributed by atoms with Crippen LogP contribution in [-0.2, 0) is 4.79 Å². The number of likely N-dealkylation sites (tertiary alicyclic amines) is 1. The first-order valence-electron chi connectivity index (χ1n) is 9.39. The number of piperidine rings is 1. The quantitative estimate of drug-likeness (QED) is 0.694. The zero-order chi connectivity index (χ0) is 18.4. The van der Waals surface area contributed by atoms with Crippen LogP contribution in [0.4, 0.5) is 0 Å². The Bertz CT molecular complexity index is 709. The lowest BCUT2D eigenvalue weighted by atomic mass is 10.1. The lowest BCUT2D eigenvalue weighted by Crippen LogP contribution is -2.33. The second-order valence-electron chi connectivity index (χ2n) is 6.31. The normalized spacial score (nSPS) is 19.0. The Morgan fingerprint density at radius 2 is 2.00 bits per heavy atom. The van der Waals surface area contributed by atoms with Crippen molar-refractivity contribution in [1.29, 1.82) is 0 Å². The fourth-order valence-electron chi connectivity index (χ4n) is 3.03. The second kappa shape index (κ2) is 9.12. The van der Waals surface area contributed by atoms with Crippen molar-refractivity contribution in [2.75, 3.05) is 26.3 Å². The van der Waals surface area contributed by atoms with Crippen molar-refractivity contribution in [2.24, 2.45) is 4.99 Å². The molecule has 0 aromatic heterocycles. The summed E-state index contributed by atoms with van der Waals surface area (Å²) in [5.74, 6) is 1.24. The molecule has 1 saturated heterocycles. The smallest absolute Gasteiger partial charge is 0.286 e. The molecule has 0 aliphatic carbocycles. The predicted octanol–water partition coefficient (Wildman–Crippen LogP) is 4.33. The van der Waals surface area contributed by atoms with E-state index in [2.05, 4.69) is 16.8 Å². The van der Waals surface area contributed by atoms with Gasteiger partial charge in [0.05, 0.1) is 18.1 Å². The summed E-state index contributed by atoms with van der Waals surface area (Å²) in [6.45, 7) is 7.16. The van der Waals surface area contributed by atoms with Crippen LogP contribution in [0.5, 0.6) is 11.5 Å². The van der Waals surface area contributed by atoms with E-state index in [1.165, 1.54) is 18.2 Å². The third-order valence-corrected chi connectivity index (χ3v) is 5.33. The molecule has 2 aliphatic heterocycles. The fraction of sp³-hybridized carbons (Fsp3) is 0.500. The molecule has 1 aromatic rings. The van der Waals surface area contributed by atoms with E-state index >= 15 is 0 Å². The molecule has 0 spiro atoms. The molecule has 6 heteroatoms. The topological polar surface area (TPSA) is 51.1 Å². The lowest BCUT2D eigenvalue weighted by Gasteiger charge is -2.27. The highest BCUT2D eigenvalue weighted by Crippen LogP contribution is 2.37. The van der Waals surface area contributed by atoms with Gasteiger partial charge in [-0.1, -0.05) is 19.1 Å². The first kappa shape index (κ1) is 18.8. The third-order valence-electron chi connectivity index (χ3n) is 4.28. The van der Waals surface area contributed by atoms with Crippen LogP contribution in [0.3, 0.4) is 0 Å². The van der Waals surface area contributed by atoms with Crippen molar-refractivity contribution in [3.8, 4) is 11.5 Å². The lowest BCUT2D eigenvalue weighted by molar-refractivity contribution is -0.113. The molecule has 1 fully saturated rings. The van der Waals surface area contributed by atoms with Gasteiger partial charge < -0.3 is 14.4 Å². The van der Waals surface area contributed by atoms with Crippen molar-refractivity contribution in [2.45, 2.75) is 39.5 Å². The van der Waals surface area contributed by atoms with Crippen LogP contribution in [0, 0.1) is 0 Å². The monoisotopic (exact) mass is 374 g/mol. The summed E-state index contributed by atoms with van der Waals surface area (Å²) in [4.78, 5) is 19.5. The van der Waals surface area contributed by atoms with E-state index < -0.39 is 0 Å². The van der Waals surface area contributed by atoms with Gasteiger partial charge in [-0.3, -0.25) is 4.79 Å². The van der Waals surface area contributed by atoms with E-state index in [4.69, 9.17) is 9.47 Å². The number of amides is 1. The molecule has 0 unspecified atom stereocenters. The van der Waals surface area contributed by atoms with Crippen LogP contribution in [0.1, 0.15) is 45.1 Å². The SMILES string of the molecule is CCCOc1c(/C=C2\SC(N3CCCCC3)=NC2=O)cccc1OCC. The number of para-hydroxylation sites is 1. The van der Waals surface area contributed by atoms with Crippen LogP contribution < -0.4 is 9.47 Å².